The number of hydrogen-bond acceptors (Lipinski definition) is 3. The zero-order valence-electron chi connectivity index (χ0n) is 11.0. The monoisotopic (exact) mass is 253 g/mol. The van der Waals surface area contributed by atoms with Crippen LogP contribution in [0.25, 0.3) is 17.2 Å². The van der Waals surface area contributed by atoms with Crippen LogP contribution in [0.15, 0.2) is 48.8 Å². The Hall–Kier alpha value is -2.42. The molecule has 0 bridgehead atoms. The van der Waals surface area contributed by atoms with Crippen molar-refractivity contribution in [3.8, 4) is 11.1 Å². The number of aromatic nitrogens is 1. The summed E-state index contributed by atoms with van der Waals surface area (Å²) in [6.45, 7) is 2.05. The number of carbonyl (C=O) groups is 1. The van der Waals surface area contributed by atoms with E-state index in [-0.39, 0.29) is 5.97 Å². The average molecular weight is 253 g/mol. The van der Waals surface area contributed by atoms with E-state index in [9.17, 15) is 4.79 Å². The molecule has 0 unspecified atom stereocenters. The molecule has 1 heterocycles. The fourth-order valence-corrected chi connectivity index (χ4v) is 1.69. The van der Waals surface area contributed by atoms with Crippen LogP contribution in [-0.4, -0.2) is 18.1 Å². The summed E-state index contributed by atoms with van der Waals surface area (Å²) in [5, 5.41) is 0. The maximum absolute atomic E-state index is 11.0. The Kier molecular flexibility index (Phi) is 4.08. The summed E-state index contributed by atoms with van der Waals surface area (Å²) in [6, 6.07) is 10.2. The number of benzene rings is 1. The zero-order valence-corrected chi connectivity index (χ0v) is 11.0. The van der Waals surface area contributed by atoms with E-state index in [4.69, 9.17) is 0 Å². The van der Waals surface area contributed by atoms with Crippen molar-refractivity contribution in [3.63, 3.8) is 0 Å². The second-order valence-electron chi connectivity index (χ2n) is 4.23. The van der Waals surface area contributed by atoms with Crippen LogP contribution in [0.1, 0.15) is 11.1 Å². The summed E-state index contributed by atoms with van der Waals surface area (Å²) in [4.78, 5) is 15.2. The van der Waals surface area contributed by atoms with Crippen molar-refractivity contribution in [1.29, 1.82) is 0 Å². The highest BCUT2D eigenvalue weighted by Crippen LogP contribution is 2.20. The lowest BCUT2D eigenvalue weighted by molar-refractivity contribution is -0.134. The maximum Gasteiger partial charge on any atom is 0.330 e. The Labute approximate surface area is 112 Å². The number of aryl methyl sites for hydroxylation is 1. The molecule has 0 radical (unpaired) electrons. The number of ether oxygens (including phenoxy) is 1. The summed E-state index contributed by atoms with van der Waals surface area (Å²) in [6.07, 6.45) is 6.59. The third-order valence-corrected chi connectivity index (χ3v) is 2.76. The van der Waals surface area contributed by atoms with E-state index >= 15 is 0 Å². The van der Waals surface area contributed by atoms with Crippen molar-refractivity contribution in [2.45, 2.75) is 6.92 Å². The number of hydrogen-bond donors (Lipinski definition) is 0. The molecule has 3 heteroatoms. The van der Waals surface area contributed by atoms with E-state index in [1.807, 2.05) is 6.07 Å². The highest BCUT2D eigenvalue weighted by molar-refractivity contribution is 5.87. The molecular weight excluding hydrogens is 238 g/mol. The minimum Gasteiger partial charge on any atom is -0.466 e. The lowest BCUT2D eigenvalue weighted by Crippen LogP contribution is -1.93. The van der Waals surface area contributed by atoms with Gasteiger partial charge in [0.1, 0.15) is 0 Å². The zero-order chi connectivity index (χ0) is 13.7. The van der Waals surface area contributed by atoms with Crippen molar-refractivity contribution >= 4 is 12.0 Å². The third kappa shape index (κ3) is 3.52. The molecule has 0 atom stereocenters. The molecule has 0 fully saturated rings. The Morgan fingerprint density at radius 3 is 2.58 bits per heavy atom. The van der Waals surface area contributed by atoms with Crippen LogP contribution < -0.4 is 0 Å². The smallest absolute Gasteiger partial charge is 0.330 e. The number of rotatable bonds is 3. The van der Waals surface area contributed by atoms with E-state index in [1.165, 1.54) is 18.7 Å². The van der Waals surface area contributed by atoms with Gasteiger partial charge < -0.3 is 4.74 Å². The van der Waals surface area contributed by atoms with Gasteiger partial charge in [-0.25, -0.2) is 4.79 Å². The average Bonchev–Trinajstić information content (AvgIpc) is 2.46. The number of pyridine rings is 1. The lowest BCUT2D eigenvalue weighted by Gasteiger charge is -2.03. The Morgan fingerprint density at radius 1 is 1.16 bits per heavy atom. The molecule has 96 valence electrons. The maximum atomic E-state index is 11.0. The highest BCUT2D eigenvalue weighted by atomic mass is 16.5. The van der Waals surface area contributed by atoms with Gasteiger partial charge in [0.25, 0.3) is 0 Å². The Balaban J connectivity index is 2.26. The van der Waals surface area contributed by atoms with Crippen molar-refractivity contribution in [3.05, 3.63) is 59.9 Å². The molecule has 0 aliphatic heterocycles. The van der Waals surface area contributed by atoms with Gasteiger partial charge in [0.15, 0.2) is 0 Å². The first-order chi connectivity index (χ1) is 9.19. The van der Waals surface area contributed by atoms with E-state index in [0.29, 0.717) is 0 Å². The van der Waals surface area contributed by atoms with Crippen molar-refractivity contribution in [1.82, 2.24) is 4.98 Å². The van der Waals surface area contributed by atoms with Gasteiger partial charge in [-0.2, -0.15) is 0 Å². The van der Waals surface area contributed by atoms with Gasteiger partial charge in [-0.3, -0.25) is 4.98 Å². The molecule has 0 spiro atoms. The van der Waals surface area contributed by atoms with Crippen LogP contribution in [0.3, 0.4) is 0 Å². The van der Waals surface area contributed by atoms with Gasteiger partial charge in [0, 0.05) is 24.0 Å². The van der Waals surface area contributed by atoms with Gasteiger partial charge in [0.05, 0.1) is 7.11 Å². The van der Waals surface area contributed by atoms with Crippen LogP contribution in [0, 0.1) is 6.92 Å². The first kappa shape index (κ1) is 13.0. The molecule has 19 heavy (non-hydrogen) atoms. The number of methoxy groups -OCH3 is 1. The Bertz CT molecular complexity index is 600. The van der Waals surface area contributed by atoms with Gasteiger partial charge >= 0.3 is 5.97 Å². The van der Waals surface area contributed by atoms with Crippen molar-refractivity contribution in [2.24, 2.45) is 0 Å². The minimum absolute atomic E-state index is 0.374. The largest absolute Gasteiger partial charge is 0.466 e. The highest BCUT2D eigenvalue weighted by Gasteiger charge is 1.99. The molecule has 1 aromatic heterocycles. The molecule has 2 aromatic rings. The molecule has 3 nitrogen and oxygen atoms in total. The molecule has 0 aliphatic carbocycles. The topological polar surface area (TPSA) is 39.2 Å². The molecule has 0 amide bonds. The minimum atomic E-state index is -0.374. The Morgan fingerprint density at radius 2 is 1.89 bits per heavy atom. The normalized spacial score (nSPS) is 10.6. The summed E-state index contributed by atoms with van der Waals surface area (Å²) >= 11 is 0. The first-order valence-electron chi connectivity index (χ1n) is 5.97. The first-order valence-corrected chi connectivity index (χ1v) is 5.97. The third-order valence-electron chi connectivity index (χ3n) is 2.76. The summed E-state index contributed by atoms with van der Waals surface area (Å²) < 4.78 is 4.55. The van der Waals surface area contributed by atoms with Crippen LogP contribution in [0.5, 0.6) is 0 Å². The predicted molar refractivity (Wildman–Crippen MR) is 75.5 cm³/mol. The van der Waals surface area contributed by atoms with Gasteiger partial charge in [0.2, 0.25) is 0 Å². The van der Waals surface area contributed by atoms with Gasteiger partial charge in [-0.15, -0.1) is 0 Å². The molecule has 0 saturated carbocycles. The van der Waals surface area contributed by atoms with Crippen molar-refractivity contribution in [2.75, 3.05) is 7.11 Å². The molecule has 0 aliphatic rings. The van der Waals surface area contributed by atoms with Crippen LogP contribution >= 0.6 is 0 Å². The van der Waals surface area contributed by atoms with E-state index < -0.39 is 0 Å². The SMILES string of the molecule is COC(=O)/C=C/c1cncc(-c2ccc(C)cc2)c1. The molecule has 0 saturated heterocycles. The van der Waals surface area contributed by atoms with Crippen LogP contribution in [0.4, 0.5) is 0 Å². The second kappa shape index (κ2) is 5.96. The second-order valence-corrected chi connectivity index (χ2v) is 4.23. The fourth-order valence-electron chi connectivity index (χ4n) is 1.69. The number of carbonyl (C=O) groups excluding carboxylic acids is 1. The lowest BCUT2D eigenvalue weighted by atomic mass is 10.0. The van der Waals surface area contributed by atoms with Crippen molar-refractivity contribution < 1.29 is 9.53 Å². The molecule has 0 N–H and O–H groups in total. The summed E-state index contributed by atoms with van der Waals surface area (Å²) in [7, 11) is 1.35. The fraction of sp³-hybridized carbons (Fsp3) is 0.125. The molecule has 2 rings (SSSR count). The number of nitrogens with zero attached hydrogens (tertiary/aromatic N) is 1. The predicted octanol–water partition coefficient (Wildman–Crippen LogP) is 3.24. The van der Waals surface area contributed by atoms with Crippen LogP contribution in [0.2, 0.25) is 0 Å². The molecular formula is C16H15NO2. The van der Waals surface area contributed by atoms with E-state index in [1.54, 1.807) is 18.5 Å². The van der Waals surface area contributed by atoms with Gasteiger partial charge in [-0.05, 0) is 30.2 Å². The molecule has 1 aromatic carbocycles. The summed E-state index contributed by atoms with van der Waals surface area (Å²) in [5.74, 6) is -0.374. The van der Waals surface area contributed by atoms with Gasteiger partial charge in [-0.1, -0.05) is 29.8 Å². The quantitative estimate of drug-likeness (QED) is 0.622. The summed E-state index contributed by atoms with van der Waals surface area (Å²) in [5.41, 5.74) is 4.21. The number of esters is 1. The standard InChI is InChI=1S/C16H15NO2/c1-12-3-6-14(7-4-12)15-9-13(10-17-11-15)5-8-16(18)19-2/h3-11H,1-2H3/b8-5+. The van der Waals surface area contributed by atoms with E-state index in [0.717, 1.165) is 16.7 Å². The van der Waals surface area contributed by atoms with E-state index in [2.05, 4.69) is 40.9 Å². The van der Waals surface area contributed by atoms with Crippen LogP contribution in [-0.2, 0) is 9.53 Å².